The third-order valence-electron chi connectivity index (χ3n) is 3.75. The van der Waals surface area contributed by atoms with Crippen LogP contribution in [0, 0.1) is 0 Å². The van der Waals surface area contributed by atoms with Crippen molar-refractivity contribution >= 4 is 23.0 Å². The smallest absolute Gasteiger partial charge is 0.246 e. The van der Waals surface area contributed by atoms with Gasteiger partial charge in [-0.2, -0.15) is 4.98 Å². The summed E-state index contributed by atoms with van der Waals surface area (Å²) in [6.45, 7) is 6.95. The van der Waals surface area contributed by atoms with Crippen LogP contribution >= 0.6 is 12.2 Å². The van der Waals surface area contributed by atoms with Crippen molar-refractivity contribution in [3.05, 3.63) is 67.1 Å². The molecule has 1 aromatic heterocycles. The molecule has 0 unspecified atom stereocenters. The molecule has 150 valence electrons. The zero-order valence-corrected chi connectivity index (χ0v) is 16.9. The van der Waals surface area contributed by atoms with E-state index in [0.717, 1.165) is 22.7 Å². The van der Waals surface area contributed by atoms with Gasteiger partial charge in [0.2, 0.25) is 11.7 Å². The predicted octanol–water partition coefficient (Wildman–Crippen LogP) is 4.19. The van der Waals surface area contributed by atoms with Crippen LogP contribution in [0.15, 0.2) is 65.7 Å². The van der Waals surface area contributed by atoms with Crippen LogP contribution in [0.25, 0.3) is 11.4 Å². The second kappa shape index (κ2) is 10.2. The molecule has 29 heavy (non-hydrogen) atoms. The molecule has 0 saturated carbocycles. The Labute approximate surface area is 174 Å². The number of ether oxygens (including phenoxy) is 2. The molecule has 0 spiro atoms. The quantitative estimate of drug-likeness (QED) is 0.402. The summed E-state index contributed by atoms with van der Waals surface area (Å²) < 4.78 is 16.2. The first kappa shape index (κ1) is 20.3. The molecule has 0 aliphatic carbocycles. The maximum absolute atomic E-state index is 5.51. The highest BCUT2D eigenvalue weighted by Gasteiger charge is 2.09. The van der Waals surface area contributed by atoms with E-state index in [0.29, 0.717) is 36.6 Å². The van der Waals surface area contributed by atoms with Crippen molar-refractivity contribution in [1.29, 1.82) is 0 Å². The van der Waals surface area contributed by atoms with Crippen molar-refractivity contribution in [1.82, 2.24) is 15.5 Å². The summed E-state index contributed by atoms with van der Waals surface area (Å²) in [5.41, 5.74) is 1.66. The van der Waals surface area contributed by atoms with Crippen LogP contribution in [-0.4, -0.2) is 28.5 Å². The first-order valence-corrected chi connectivity index (χ1v) is 9.53. The Morgan fingerprint density at radius 2 is 2.00 bits per heavy atom. The van der Waals surface area contributed by atoms with Crippen LogP contribution in [0.2, 0.25) is 0 Å². The molecule has 0 fully saturated rings. The standard InChI is InChI=1S/C21H22N4O3S/c1-3-12-27-18-7-5-6-16(13-18)23-21(29)22-14-19-24-20(25-28-19)15-8-10-17(11-9-15)26-4-2/h3,5-11,13H,1,4,12,14H2,2H3,(H2,22,23,29). The Bertz CT molecular complexity index is 957. The Morgan fingerprint density at radius 1 is 1.17 bits per heavy atom. The topological polar surface area (TPSA) is 81.4 Å². The molecule has 7 nitrogen and oxygen atoms in total. The van der Waals surface area contributed by atoms with Crippen molar-refractivity contribution < 1.29 is 14.0 Å². The van der Waals surface area contributed by atoms with Crippen molar-refractivity contribution in [3.8, 4) is 22.9 Å². The SMILES string of the molecule is C=CCOc1cccc(NC(=S)NCc2nc(-c3ccc(OCC)cc3)no2)c1. The lowest BCUT2D eigenvalue weighted by atomic mass is 10.2. The molecule has 3 rings (SSSR count). The van der Waals surface area contributed by atoms with Gasteiger partial charge in [0.05, 0.1) is 13.2 Å². The van der Waals surface area contributed by atoms with E-state index in [2.05, 4.69) is 27.4 Å². The molecule has 0 saturated heterocycles. The molecule has 2 aromatic carbocycles. The number of benzene rings is 2. The summed E-state index contributed by atoms with van der Waals surface area (Å²) in [4.78, 5) is 4.39. The van der Waals surface area contributed by atoms with Crippen molar-refractivity contribution in [2.24, 2.45) is 0 Å². The van der Waals surface area contributed by atoms with Crippen LogP contribution in [0.3, 0.4) is 0 Å². The molecule has 0 aliphatic rings. The van der Waals surface area contributed by atoms with Crippen LogP contribution in [-0.2, 0) is 6.54 Å². The zero-order valence-electron chi connectivity index (χ0n) is 16.1. The van der Waals surface area contributed by atoms with Gasteiger partial charge in [-0.05, 0) is 55.5 Å². The maximum atomic E-state index is 5.51. The van der Waals surface area contributed by atoms with Gasteiger partial charge in [0, 0.05) is 17.3 Å². The number of aromatic nitrogens is 2. The predicted molar refractivity (Wildman–Crippen MR) is 116 cm³/mol. The lowest BCUT2D eigenvalue weighted by Gasteiger charge is -2.10. The van der Waals surface area contributed by atoms with Gasteiger partial charge < -0.3 is 24.6 Å². The molecule has 8 heteroatoms. The zero-order chi connectivity index (χ0) is 20.5. The summed E-state index contributed by atoms with van der Waals surface area (Å²) >= 11 is 5.32. The van der Waals surface area contributed by atoms with E-state index >= 15 is 0 Å². The average Bonchev–Trinajstić information content (AvgIpc) is 3.21. The third-order valence-corrected chi connectivity index (χ3v) is 4.00. The van der Waals surface area contributed by atoms with Gasteiger partial charge in [-0.15, -0.1) is 0 Å². The van der Waals surface area contributed by atoms with Gasteiger partial charge in [-0.25, -0.2) is 0 Å². The third kappa shape index (κ3) is 6.05. The van der Waals surface area contributed by atoms with Gasteiger partial charge >= 0.3 is 0 Å². The second-order valence-corrected chi connectivity index (χ2v) is 6.31. The van der Waals surface area contributed by atoms with Crippen molar-refractivity contribution in [2.75, 3.05) is 18.5 Å². The normalized spacial score (nSPS) is 10.2. The van der Waals surface area contributed by atoms with Gasteiger partial charge in [0.15, 0.2) is 5.11 Å². The highest BCUT2D eigenvalue weighted by Crippen LogP contribution is 2.20. The molecule has 1 heterocycles. The summed E-state index contributed by atoms with van der Waals surface area (Å²) in [5, 5.41) is 10.6. The first-order valence-electron chi connectivity index (χ1n) is 9.12. The van der Waals surface area contributed by atoms with Gasteiger partial charge in [0.1, 0.15) is 18.1 Å². The number of hydrogen-bond acceptors (Lipinski definition) is 6. The molecule has 0 aliphatic heterocycles. The molecule has 0 radical (unpaired) electrons. The van der Waals surface area contributed by atoms with E-state index in [9.17, 15) is 0 Å². The Balaban J connectivity index is 1.52. The molecule has 0 bridgehead atoms. The fourth-order valence-electron chi connectivity index (χ4n) is 2.46. The number of anilines is 1. The molecule has 2 N–H and O–H groups in total. The number of hydrogen-bond donors (Lipinski definition) is 2. The minimum atomic E-state index is 0.308. The van der Waals surface area contributed by atoms with E-state index in [4.69, 9.17) is 26.2 Å². The summed E-state index contributed by atoms with van der Waals surface area (Å²) in [7, 11) is 0. The van der Waals surface area contributed by atoms with Crippen molar-refractivity contribution in [3.63, 3.8) is 0 Å². The van der Waals surface area contributed by atoms with E-state index in [1.807, 2.05) is 55.5 Å². The fourth-order valence-corrected chi connectivity index (χ4v) is 2.65. The average molecular weight is 410 g/mol. The van der Waals surface area contributed by atoms with Crippen LogP contribution < -0.4 is 20.1 Å². The minimum Gasteiger partial charge on any atom is -0.494 e. The summed E-state index contributed by atoms with van der Waals surface area (Å²) in [6, 6.07) is 15.0. The van der Waals surface area contributed by atoms with Gasteiger partial charge in [-0.3, -0.25) is 0 Å². The summed E-state index contributed by atoms with van der Waals surface area (Å²) in [5.74, 6) is 2.48. The monoisotopic (exact) mass is 410 g/mol. The van der Waals surface area contributed by atoms with Crippen LogP contribution in [0.1, 0.15) is 12.8 Å². The largest absolute Gasteiger partial charge is 0.494 e. The number of nitrogens with zero attached hydrogens (tertiary/aromatic N) is 2. The maximum Gasteiger partial charge on any atom is 0.246 e. The fraction of sp³-hybridized carbons (Fsp3) is 0.190. The molecule has 0 amide bonds. The van der Waals surface area contributed by atoms with E-state index in [1.165, 1.54) is 0 Å². The Kier molecular flexibility index (Phi) is 7.18. The molecule has 0 atom stereocenters. The molecular weight excluding hydrogens is 388 g/mol. The lowest BCUT2D eigenvalue weighted by Crippen LogP contribution is -2.28. The Morgan fingerprint density at radius 3 is 2.76 bits per heavy atom. The highest BCUT2D eigenvalue weighted by molar-refractivity contribution is 7.80. The number of rotatable bonds is 9. The summed E-state index contributed by atoms with van der Waals surface area (Å²) in [6.07, 6.45) is 1.69. The second-order valence-electron chi connectivity index (χ2n) is 5.90. The van der Waals surface area contributed by atoms with Gasteiger partial charge in [0.25, 0.3) is 0 Å². The Hall–Kier alpha value is -3.39. The minimum absolute atomic E-state index is 0.308. The van der Waals surface area contributed by atoms with Crippen LogP contribution in [0.5, 0.6) is 11.5 Å². The van der Waals surface area contributed by atoms with E-state index in [-0.39, 0.29) is 0 Å². The number of nitrogens with one attached hydrogen (secondary N) is 2. The number of thiocarbonyl (C=S) groups is 1. The molecular formula is C21H22N4O3S. The van der Waals surface area contributed by atoms with E-state index < -0.39 is 0 Å². The lowest BCUT2D eigenvalue weighted by molar-refractivity contribution is 0.340. The first-order chi connectivity index (χ1) is 14.2. The van der Waals surface area contributed by atoms with E-state index in [1.54, 1.807) is 6.08 Å². The highest BCUT2D eigenvalue weighted by atomic mass is 32.1. The molecule has 3 aromatic rings. The van der Waals surface area contributed by atoms with Crippen molar-refractivity contribution in [2.45, 2.75) is 13.5 Å². The van der Waals surface area contributed by atoms with Gasteiger partial charge in [-0.1, -0.05) is 23.9 Å². The van der Waals surface area contributed by atoms with Crippen LogP contribution in [0.4, 0.5) is 5.69 Å².